The van der Waals surface area contributed by atoms with Gasteiger partial charge in [-0.15, -0.1) is 11.3 Å². The van der Waals surface area contributed by atoms with Crippen LogP contribution in [0.15, 0.2) is 41.8 Å². The van der Waals surface area contributed by atoms with E-state index in [2.05, 4.69) is 34.5 Å². The molecule has 1 aromatic carbocycles. The van der Waals surface area contributed by atoms with Gasteiger partial charge in [-0.2, -0.15) is 0 Å². The maximum Gasteiger partial charge on any atom is 0.263 e. The average molecular weight is 386 g/mol. The molecule has 0 bridgehead atoms. The molecule has 0 unspecified atom stereocenters. The summed E-state index contributed by atoms with van der Waals surface area (Å²) in [5, 5.41) is 4.97. The van der Waals surface area contributed by atoms with Gasteiger partial charge in [-0.1, -0.05) is 30.3 Å². The van der Waals surface area contributed by atoms with Gasteiger partial charge in [0, 0.05) is 32.1 Å². The van der Waals surface area contributed by atoms with Gasteiger partial charge >= 0.3 is 0 Å². The summed E-state index contributed by atoms with van der Waals surface area (Å²) in [5.74, 6) is 0.169. The Balaban J connectivity index is 1.43. The summed E-state index contributed by atoms with van der Waals surface area (Å²) in [5.41, 5.74) is 2.37. The highest BCUT2D eigenvalue weighted by molar-refractivity contribution is 7.12. The summed E-state index contributed by atoms with van der Waals surface area (Å²) < 4.78 is 0. The number of hydrogen-bond acceptors (Lipinski definition) is 4. The molecule has 0 saturated carbocycles. The van der Waals surface area contributed by atoms with Crippen molar-refractivity contribution in [2.75, 3.05) is 27.2 Å². The molecule has 27 heavy (non-hydrogen) atoms. The number of nitrogens with one attached hydrogen (secondary N) is 1. The number of thiophene rings is 1. The third-order valence-corrected chi connectivity index (χ3v) is 5.73. The molecule has 3 rings (SSSR count). The molecule has 1 N–H and O–H groups in total. The monoisotopic (exact) mass is 385 g/mol. The Hall–Kier alpha value is -2.18. The Bertz CT molecular complexity index is 748. The Morgan fingerprint density at radius 2 is 1.78 bits per heavy atom. The predicted molar refractivity (Wildman–Crippen MR) is 109 cm³/mol. The zero-order chi connectivity index (χ0) is 19.2. The van der Waals surface area contributed by atoms with Gasteiger partial charge in [0.2, 0.25) is 5.91 Å². The molecule has 144 valence electrons. The molecule has 2 amide bonds. The normalized spacial score (nSPS) is 15.1. The smallest absolute Gasteiger partial charge is 0.263 e. The minimum Gasteiger partial charge on any atom is -0.352 e. The summed E-state index contributed by atoms with van der Waals surface area (Å²) in [6.07, 6.45) is 1.45. The van der Waals surface area contributed by atoms with Crippen LogP contribution in [-0.2, 0) is 17.9 Å². The first kappa shape index (κ1) is 19.6. The van der Waals surface area contributed by atoms with Crippen LogP contribution in [0.2, 0.25) is 0 Å². The second-order valence-electron chi connectivity index (χ2n) is 7.32. The molecule has 0 aliphatic carbocycles. The zero-order valence-electron chi connectivity index (χ0n) is 16.0. The lowest BCUT2D eigenvalue weighted by Crippen LogP contribution is -2.42. The predicted octanol–water partition coefficient (Wildman–Crippen LogP) is 2.98. The van der Waals surface area contributed by atoms with Crippen LogP contribution in [0.25, 0.3) is 0 Å². The number of benzene rings is 1. The number of carbonyl (C=O) groups excluding carboxylic acids is 2. The van der Waals surface area contributed by atoms with Crippen LogP contribution in [0.1, 0.15) is 33.6 Å². The molecule has 1 fully saturated rings. The molecule has 1 aliphatic rings. The van der Waals surface area contributed by atoms with Crippen LogP contribution in [0.3, 0.4) is 0 Å². The standard InChI is InChI=1S/C21H27N3O2S/c1-23(2)15-17-7-5-16(6-8-17)14-22-20(25)18-9-11-24(12-10-18)21(26)19-4-3-13-27-19/h3-8,13,18H,9-12,14-15H2,1-2H3,(H,22,25). The highest BCUT2D eigenvalue weighted by Gasteiger charge is 2.27. The number of piperidine rings is 1. The molecule has 2 aromatic rings. The second kappa shape index (κ2) is 9.15. The molecule has 2 heterocycles. The van der Waals surface area contributed by atoms with Crippen LogP contribution in [0.5, 0.6) is 0 Å². The molecular weight excluding hydrogens is 358 g/mol. The lowest BCUT2D eigenvalue weighted by Gasteiger charge is -2.31. The first-order chi connectivity index (χ1) is 13.0. The van der Waals surface area contributed by atoms with Crippen molar-refractivity contribution in [1.82, 2.24) is 15.1 Å². The van der Waals surface area contributed by atoms with Crippen LogP contribution in [0.4, 0.5) is 0 Å². The third-order valence-electron chi connectivity index (χ3n) is 4.87. The van der Waals surface area contributed by atoms with Gasteiger partial charge in [0.05, 0.1) is 4.88 Å². The van der Waals surface area contributed by atoms with Crippen molar-refractivity contribution in [2.24, 2.45) is 5.92 Å². The molecule has 1 aromatic heterocycles. The van der Waals surface area contributed by atoms with Crippen molar-refractivity contribution in [3.05, 3.63) is 57.8 Å². The average Bonchev–Trinajstić information content (AvgIpc) is 3.21. The largest absolute Gasteiger partial charge is 0.352 e. The zero-order valence-corrected chi connectivity index (χ0v) is 16.8. The number of hydrogen-bond donors (Lipinski definition) is 1. The number of likely N-dealkylation sites (tertiary alicyclic amines) is 1. The molecule has 1 aliphatic heterocycles. The summed E-state index contributed by atoms with van der Waals surface area (Å²) in [6, 6.07) is 12.1. The summed E-state index contributed by atoms with van der Waals surface area (Å²) in [7, 11) is 4.10. The van der Waals surface area contributed by atoms with Crippen molar-refractivity contribution >= 4 is 23.2 Å². The second-order valence-corrected chi connectivity index (χ2v) is 8.26. The third kappa shape index (κ3) is 5.40. The van der Waals surface area contributed by atoms with E-state index in [-0.39, 0.29) is 17.7 Å². The Morgan fingerprint density at radius 1 is 1.11 bits per heavy atom. The molecule has 0 atom stereocenters. The highest BCUT2D eigenvalue weighted by atomic mass is 32.1. The lowest BCUT2D eigenvalue weighted by molar-refractivity contribution is -0.126. The van der Waals surface area contributed by atoms with E-state index in [0.717, 1.165) is 29.8 Å². The first-order valence-electron chi connectivity index (χ1n) is 9.36. The van der Waals surface area contributed by atoms with E-state index in [1.165, 1.54) is 16.9 Å². The minimum atomic E-state index is -0.00889. The van der Waals surface area contributed by atoms with Crippen molar-refractivity contribution in [2.45, 2.75) is 25.9 Å². The number of carbonyl (C=O) groups is 2. The first-order valence-corrected chi connectivity index (χ1v) is 10.2. The minimum absolute atomic E-state index is 0.00889. The van der Waals surface area contributed by atoms with E-state index >= 15 is 0 Å². The Kier molecular flexibility index (Phi) is 6.63. The fourth-order valence-corrected chi connectivity index (χ4v) is 4.05. The van der Waals surface area contributed by atoms with Crippen molar-refractivity contribution < 1.29 is 9.59 Å². The van der Waals surface area contributed by atoms with Crippen LogP contribution in [0, 0.1) is 5.92 Å². The van der Waals surface area contributed by atoms with Gasteiger partial charge in [-0.05, 0) is 49.5 Å². The van der Waals surface area contributed by atoms with Gasteiger partial charge in [0.15, 0.2) is 0 Å². The van der Waals surface area contributed by atoms with Crippen LogP contribution in [-0.4, -0.2) is 48.8 Å². The molecule has 0 radical (unpaired) electrons. The van der Waals surface area contributed by atoms with Crippen LogP contribution < -0.4 is 5.32 Å². The van der Waals surface area contributed by atoms with Gasteiger partial charge < -0.3 is 15.1 Å². The fourth-order valence-electron chi connectivity index (χ4n) is 3.36. The fraction of sp³-hybridized carbons (Fsp3) is 0.429. The molecule has 0 spiro atoms. The van der Waals surface area contributed by atoms with E-state index in [4.69, 9.17) is 0 Å². The van der Waals surface area contributed by atoms with Gasteiger partial charge in [-0.25, -0.2) is 0 Å². The maximum absolute atomic E-state index is 12.5. The van der Waals surface area contributed by atoms with Crippen molar-refractivity contribution in [3.63, 3.8) is 0 Å². The summed E-state index contributed by atoms with van der Waals surface area (Å²) in [4.78, 5) is 29.6. The van der Waals surface area contributed by atoms with Gasteiger partial charge in [0.25, 0.3) is 5.91 Å². The lowest BCUT2D eigenvalue weighted by atomic mass is 9.95. The molecule has 5 nitrogen and oxygen atoms in total. The Labute approximate surface area is 165 Å². The van der Waals surface area contributed by atoms with E-state index < -0.39 is 0 Å². The summed E-state index contributed by atoms with van der Waals surface area (Å²) >= 11 is 1.47. The maximum atomic E-state index is 12.5. The molecule has 6 heteroatoms. The number of amides is 2. The van der Waals surface area contributed by atoms with Crippen molar-refractivity contribution in [3.8, 4) is 0 Å². The van der Waals surface area contributed by atoms with E-state index in [1.54, 1.807) is 0 Å². The van der Waals surface area contributed by atoms with Crippen molar-refractivity contribution in [1.29, 1.82) is 0 Å². The molecular formula is C21H27N3O2S. The quantitative estimate of drug-likeness (QED) is 0.832. The molecule has 1 saturated heterocycles. The summed E-state index contributed by atoms with van der Waals surface area (Å²) in [6.45, 7) is 2.76. The van der Waals surface area contributed by atoms with E-state index in [1.807, 2.05) is 36.5 Å². The topological polar surface area (TPSA) is 52.7 Å². The number of nitrogens with zero attached hydrogens (tertiary/aromatic N) is 2. The SMILES string of the molecule is CN(C)Cc1ccc(CNC(=O)C2CCN(C(=O)c3cccs3)CC2)cc1. The van der Waals surface area contributed by atoms with Gasteiger partial charge in [-0.3, -0.25) is 9.59 Å². The van der Waals surface area contributed by atoms with E-state index in [0.29, 0.717) is 19.6 Å². The highest BCUT2D eigenvalue weighted by Crippen LogP contribution is 2.21. The van der Waals surface area contributed by atoms with Gasteiger partial charge in [0.1, 0.15) is 0 Å². The van der Waals surface area contributed by atoms with Crippen LogP contribution >= 0.6 is 11.3 Å². The number of rotatable bonds is 6. The van der Waals surface area contributed by atoms with E-state index in [9.17, 15) is 9.59 Å². The Morgan fingerprint density at radius 3 is 2.37 bits per heavy atom.